The van der Waals surface area contributed by atoms with E-state index < -0.39 is 0 Å². The molecule has 3 rings (SSSR count). The Morgan fingerprint density at radius 2 is 1.81 bits per heavy atom. The van der Waals surface area contributed by atoms with Gasteiger partial charge >= 0.3 is 0 Å². The van der Waals surface area contributed by atoms with Gasteiger partial charge in [-0.15, -0.1) is 0 Å². The van der Waals surface area contributed by atoms with Crippen LogP contribution in [0.4, 0.5) is 4.39 Å². The molecular weight excluding hydrogens is 339 g/mol. The van der Waals surface area contributed by atoms with Crippen molar-refractivity contribution in [3.05, 3.63) is 77.1 Å². The van der Waals surface area contributed by atoms with E-state index in [1.807, 2.05) is 6.08 Å². The van der Waals surface area contributed by atoms with Crippen LogP contribution in [0.15, 0.2) is 54.6 Å². The van der Waals surface area contributed by atoms with Crippen molar-refractivity contribution in [3.8, 4) is 0 Å². The number of hydrogen-bond donors (Lipinski definition) is 1. The first-order valence-electron chi connectivity index (χ1n) is 9.69. The number of halogens is 1. The lowest BCUT2D eigenvalue weighted by atomic mass is 10.1. The second-order valence-corrected chi connectivity index (χ2v) is 7.34. The lowest BCUT2D eigenvalue weighted by Gasteiger charge is -2.41. The largest absolute Gasteiger partial charge is 0.396 e. The molecule has 2 aromatic carbocycles. The van der Waals surface area contributed by atoms with Crippen LogP contribution in [0.5, 0.6) is 0 Å². The Morgan fingerprint density at radius 1 is 1.07 bits per heavy atom. The van der Waals surface area contributed by atoms with E-state index >= 15 is 0 Å². The van der Waals surface area contributed by atoms with Crippen LogP contribution in [0.1, 0.15) is 23.1 Å². The molecule has 1 saturated heterocycles. The fourth-order valence-corrected chi connectivity index (χ4v) is 3.59. The van der Waals surface area contributed by atoms with Gasteiger partial charge in [-0.25, -0.2) is 4.39 Å². The van der Waals surface area contributed by atoms with E-state index in [0.29, 0.717) is 6.04 Å². The van der Waals surface area contributed by atoms with E-state index in [1.54, 1.807) is 12.1 Å². The van der Waals surface area contributed by atoms with Crippen molar-refractivity contribution in [2.45, 2.75) is 25.9 Å². The van der Waals surface area contributed by atoms with E-state index in [4.69, 9.17) is 0 Å². The molecule has 0 amide bonds. The smallest absolute Gasteiger partial charge is 0.123 e. The maximum absolute atomic E-state index is 13.0. The van der Waals surface area contributed by atoms with Crippen LogP contribution in [0.3, 0.4) is 0 Å². The zero-order valence-electron chi connectivity index (χ0n) is 16.0. The topological polar surface area (TPSA) is 26.7 Å². The van der Waals surface area contributed by atoms with Crippen LogP contribution < -0.4 is 0 Å². The quantitative estimate of drug-likeness (QED) is 0.807. The molecule has 0 bridgehead atoms. The van der Waals surface area contributed by atoms with Crippen molar-refractivity contribution in [1.82, 2.24) is 9.80 Å². The highest BCUT2D eigenvalue weighted by atomic mass is 19.1. The first-order valence-corrected chi connectivity index (χ1v) is 9.69. The third-order valence-electron chi connectivity index (χ3n) is 5.20. The Morgan fingerprint density at radius 3 is 2.52 bits per heavy atom. The standard InChI is InChI=1S/C23H29FN2O/c1-19-4-6-21(7-5-19)17-26-15-14-25(18-23(26)12-16-27)13-2-3-20-8-10-22(24)11-9-20/h2-11,23,27H,12-18H2,1H3/b3-2+/t23-/m1/s1. The van der Waals surface area contributed by atoms with Crippen molar-refractivity contribution < 1.29 is 9.50 Å². The lowest BCUT2D eigenvalue weighted by Crippen LogP contribution is -2.52. The van der Waals surface area contributed by atoms with Gasteiger partial charge in [-0.05, 0) is 36.6 Å². The molecule has 0 aromatic heterocycles. The van der Waals surface area contributed by atoms with Crippen LogP contribution in [0.25, 0.3) is 6.08 Å². The van der Waals surface area contributed by atoms with E-state index in [1.165, 1.54) is 23.3 Å². The Balaban J connectivity index is 1.54. The maximum atomic E-state index is 13.0. The van der Waals surface area contributed by atoms with Gasteiger partial charge in [-0.1, -0.05) is 54.1 Å². The molecule has 1 aliphatic heterocycles. The molecule has 0 radical (unpaired) electrons. The molecule has 1 N–H and O–H groups in total. The van der Waals surface area contributed by atoms with Crippen LogP contribution in [-0.2, 0) is 6.54 Å². The number of aryl methyl sites for hydroxylation is 1. The molecule has 4 heteroatoms. The minimum Gasteiger partial charge on any atom is -0.396 e. The molecule has 1 aliphatic rings. The number of hydrogen-bond acceptors (Lipinski definition) is 3. The van der Waals surface area contributed by atoms with Gasteiger partial charge in [0.05, 0.1) is 0 Å². The number of rotatable bonds is 7. The van der Waals surface area contributed by atoms with Crippen molar-refractivity contribution in [3.63, 3.8) is 0 Å². The van der Waals surface area contributed by atoms with Gasteiger partial charge in [0.15, 0.2) is 0 Å². The molecule has 3 nitrogen and oxygen atoms in total. The molecular formula is C23H29FN2O. The normalized spacial score (nSPS) is 19.0. The summed E-state index contributed by atoms with van der Waals surface area (Å²) in [6, 6.07) is 15.6. The van der Waals surface area contributed by atoms with Crippen LogP contribution in [0, 0.1) is 12.7 Å². The maximum Gasteiger partial charge on any atom is 0.123 e. The molecule has 0 unspecified atom stereocenters. The van der Waals surface area contributed by atoms with E-state index in [-0.39, 0.29) is 12.4 Å². The second-order valence-electron chi connectivity index (χ2n) is 7.34. The number of aliphatic hydroxyl groups is 1. The highest BCUT2D eigenvalue weighted by Crippen LogP contribution is 2.17. The number of benzene rings is 2. The molecule has 0 saturated carbocycles. The van der Waals surface area contributed by atoms with Crippen LogP contribution in [0.2, 0.25) is 0 Å². The van der Waals surface area contributed by atoms with Crippen molar-refractivity contribution in [2.24, 2.45) is 0 Å². The number of aliphatic hydroxyl groups excluding tert-OH is 1. The summed E-state index contributed by atoms with van der Waals surface area (Å²) in [6.45, 7) is 7.11. The Kier molecular flexibility index (Phi) is 7.16. The number of nitrogens with zero attached hydrogens (tertiary/aromatic N) is 2. The summed E-state index contributed by atoms with van der Waals surface area (Å²) in [5.41, 5.74) is 3.62. The van der Waals surface area contributed by atoms with Crippen LogP contribution >= 0.6 is 0 Å². The Bertz CT molecular complexity index is 727. The SMILES string of the molecule is Cc1ccc(CN2CCN(C/C=C/c3ccc(F)cc3)C[C@H]2CCO)cc1. The zero-order valence-corrected chi connectivity index (χ0v) is 16.0. The summed E-state index contributed by atoms with van der Waals surface area (Å²) in [5.74, 6) is -0.205. The Hall–Kier alpha value is -2.01. The molecule has 2 aromatic rings. The fraction of sp³-hybridized carbons (Fsp3) is 0.391. The summed E-state index contributed by atoms with van der Waals surface area (Å²) in [7, 11) is 0. The van der Waals surface area contributed by atoms with Crippen molar-refractivity contribution in [1.29, 1.82) is 0 Å². The molecule has 1 fully saturated rings. The molecule has 144 valence electrons. The minimum atomic E-state index is -0.205. The Labute approximate surface area is 161 Å². The van der Waals surface area contributed by atoms with Gasteiger partial charge in [-0.2, -0.15) is 0 Å². The average Bonchev–Trinajstić information content (AvgIpc) is 2.67. The lowest BCUT2D eigenvalue weighted by molar-refractivity contribution is 0.0597. The van der Waals surface area contributed by atoms with Gasteiger partial charge in [0, 0.05) is 45.4 Å². The average molecular weight is 368 g/mol. The van der Waals surface area contributed by atoms with E-state index in [2.05, 4.69) is 47.1 Å². The predicted molar refractivity (Wildman–Crippen MR) is 109 cm³/mol. The van der Waals surface area contributed by atoms with Gasteiger partial charge in [0.25, 0.3) is 0 Å². The van der Waals surface area contributed by atoms with Gasteiger partial charge in [-0.3, -0.25) is 9.80 Å². The first kappa shape index (κ1) is 19.7. The summed E-state index contributed by atoms with van der Waals surface area (Å²) >= 11 is 0. The number of piperazine rings is 1. The highest BCUT2D eigenvalue weighted by Gasteiger charge is 2.25. The third-order valence-corrected chi connectivity index (χ3v) is 5.20. The molecule has 27 heavy (non-hydrogen) atoms. The molecule has 0 spiro atoms. The fourth-order valence-electron chi connectivity index (χ4n) is 3.59. The summed E-state index contributed by atoms with van der Waals surface area (Å²) < 4.78 is 13.0. The summed E-state index contributed by atoms with van der Waals surface area (Å²) in [5, 5.41) is 9.48. The van der Waals surface area contributed by atoms with Crippen molar-refractivity contribution in [2.75, 3.05) is 32.8 Å². The van der Waals surface area contributed by atoms with Gasteiger partial charge in [0.1, 0.15) is 5.82 Å². The zero-order chi connectivity index (χ0) is 19.1. The molecule has 0 aliphatic carbocycles. The second kappa shape index (κ2) is 9.79. The van der Waals surface area contributed by atoms with Crippen LogP contribution in [-0.4, -0.2) is 53.7 Å². The van der Waals surface area contributed by atoms with E-state index in [0.717, 1.165) is 44.7 Å². The summed E-state index contributed by atoms with van der Waals surface area (Å²) in [4.78, 5) is 4.91. The van der Waals surface area contributed by atoms with Crippen molar-refractivity contribution >= 4 is 6.08 Å². The molecule has 1 heterocycles. The minimum absolute atomic E-state index is 0.205. The van der Waals surface area contributed by atoms with Gasteiger partial charge < -0.3 is 5.11 Å². The van der Waals surface area contributed by atoms with E-state index in [9.17, 15) is 9.50 Å². The summed E-state index contributed by atoms with van der Waals surface area (Å²) in [6.07, 6.45) is 4.97. The third kappa shape index (κ3) is 5.99. The highest BCUT2D eigenvalue weighted by molar-refractivity contribution is 5.48. The monoisotopic (exact) mass is 368 g/mol. The predicted octanol–water partition coefficient (Wildman–Crippen LogP) is 3.72. The first-order chi connectivity index (χ1) is 13.1. The van der Waals surface area contributed by atoms with Gasteiger partial charge in [0.2, 0.25) is 0 Å². The molecule has 1 atom stereocenters.